The third-order valence-corrected chi connectivity index (χ3v) is 7.38. The molecule has 0 bridgehead atoms. The van der Waals surface area contributed by atoms with E-state index in [1.807, 2.05) is 0 Å². The van der Waals surface area contributed by atoms with Crippen molar-refractivity contribution in [2.24, 2.45) is 0 Å². The van der Waals surface area contributed by atoms with E-state index < -0.39 is 0 Å². The Balaban J connectivity index is 1.63. The Morgan fingerprint density at radius 3 is 1.03 bits per heavy atom. The maximum Gasteiger partial charge on any atom is 0.00823 e. The van der Waals surface area contributed by atoms with Crippen molar-refractivity contribution in [3.05, 3.63) is 30.6 Å². The normalized spacial score (nSPS) is 11.7. The summed E-state index contributed by atoms with van der Waals surface area (Å²) < 4.78 is 2.12. The smallest absolute Gasteiger partial charge is 0.00823 e. The maximum atomic E-state index is 2.30. The van der Waals surface area contributed by atoms with Crippen LogP contribution in [-0.2, 0) is 0 Å². The maximum absolute atomic E-state index is 2.30. The molecule has 0 unspecified atom stereocenters. The molecule has 0 aromatic carbocycles. The number of rotatable bonds is 27. The van der Waals surface area contributed by atoms with Crippen molar-refractivity contribution < 1.29 is 0 Å². The number of hydrogen-bond donors (Lipinski definition) is 0. The van der Waals surface area contributed by atoms with Crippen LogP contribution in [0.25, 0.3) is 6.20 Å². The van der Waals surface area contributed by atoms with E-state index >= 15 is 0 Å². The highest BCUT2D eigenvalue weighted by Crippen LogP contribution is 2.16. The average molecular weight is 472 g/mol. The molecule has 0 atom stereocenters. The Hall–Kier alpha value is -0.980. The Morgan fingerprint density at radius 1 is 0.412 bits per heavy atom. The molecular weight excluding hydrogens is 410 g/mol. The second-order valence-electron chi connectivity index (χ2n) is 10.8. The molecule has 0 saturated heterocycles. The van der Waals surface area contributed by atoms with Crippen LogP contribution >= 0.6 is 0 Å². The Bertz CT molecular complexity index is 501. The topological polar surface area (TPSA) is 4.93 Å². The number of allylic oxidation sites excluding steroid dienone is 1. The Kier molecular flexibility index (Phi) is 24.3. The van der Waals surface area contributed by atoms with Crippen LogP contribution in [0.15, 0.2) is 30.6 Å². The largest absolute Gasteiger partial charge is 0.331 e. The summed E-state index contributed by atoms with van der Waals surface area (Å²) in [5.74, 6) is 0. The van der Waals surface area contributed by atoms with Crippen molar-refractivity contribution in [1.29, 1.82) is 0 Å². The van der Waals surface area contributed by atoms with Gasteiger partial charge >= 0.3 is 0 Å². The predicted octanol–water partition coefficient (Wildman–Crippen LogP) is 12.1. The van der Waals surface area contributed by atoms with Crippen LogP contribution in [0.5, 0.6) is 0 Å². The van der Waals surface area contributed by atoms with Crippen LogP contribution in [0.2, 0.25) is 0 Å². The summed E-state index contributed by atoms with van der Waals surface area (Å²) in [7, 11) is 0. The first kappa shape index (κ1) is 31.1. The van der Waals surface area contributed by atoms with Gasteiger partial charge in [-0.05, 0) is 25.0 Å². The van der Waals surface area contributed by atoms with Gasteiger partial charge in [0, 0.05) is 18.6 Å². The van der Waals surface area contributed by atoms with Crippen LogP contribution < -0.4 is 0 Å². The van der Waals surface area contributed by atoms with Crippen LogP contribution in [0.1, 0.15) is 174 Å². The summed E-state index contributed by atoms with van der Waals surface area (Å²) in [5.41, 5.74) is 0. The van der Waals surface area contributed by atoms with Gasteiger partial charge in [-0.15, -0.1) is 0 Å². The van der Waals surface area contributed by atoms with E-state index in [1.165, 1.54) is 167 Å². The number of unbranched alkanes of at least 4 members (excludes halogenated alkanes) is 25. The monoisotopic (exact) mass is 471 g/mol. The molecule has 1 nitrogen and oxygen atoms in total. The summed E-state index contributed by atoms with van der Waals surface area (Å²) in [5, 5.41) is 0. The average Bonchev–Trinajstić information content (AvgIpc) is 3.37. The standard InChI is InChI=1S/C33H61N/c1-2-3-4-5-6-7-8-9-10-11-12-13-14-15-16-17-18-19-20-21-22-23-24-25-26-27-28-31-34-32-29-30-33-34/h28-33H,2-27H2,1H3. The molecule has 198 valence electrons. The molecule has 0 fully saturated rings. The lowest BCUT2D eigenvalue weighted by molar-refractivity contribution is 0.516. The predicted molar refractivity (Wildman–Crippen MR) is 155 cm³/mol. The molecule has 1 heteroatoms. The SMILES string of the molecule is CCCCCCCCCCCCCCCCCCCCCCCCCCCC=Cn1cccc1. The van der Waals surface area contributed by atoms with Crippen molar-refractivity contribution in [2.75, 3.05) is 0 Å². The highest BCUT2D eigenvalue weighted by molar-refractivity contribution is 5.22. The molecule has 0 aliphatic carbocycles. The van der Waals surface area contributed by atoms with Crippen molar-refractivity contribution in [1.82, 2.24) is 4.57 Å². The molecular formula is C33H61N. The molecule has 0 spiro atoms. The minimum absolute atomic E-state index is 1.22. The number of hydrogen-bond acceptors (Lipinski definition) is 0. The fourth-order valence-electron chi connectivity index (χ4n) is 5.04. The summed E-state index contributed by atoms with van der Waals surface area (Å²) in [6.07, 6.45) is 46.4. The fourth-order valence-corrected chi connectivity index (χ4v) is 5.04. The molecule has 34 heavy (non-hydrogen) atoms. The zero-order chi connectivity index (χ0) is 24.2. The third kappa shape index (κ3) is 22.8. The molecule has 0 N–H and O–H groups in total. The quantitative estimate of drug-likeness (QED) is 0.112. The van der Waals surface area contributed by atoms with Crippen LogP contribution in [0, 0.1) is 0 Å². The highest BCUT2D eigenvalue weighted by Gasteiger charge is 1.96. The van der Waals surface area contributed by atoms with Gasteiger partial charge < -0.3 is 4.57 Å². The van der Waals surface area contributed by atoms with Gasteiger partial charge in [0.2, 0.25) is 0 Å². The van der Waals surface area contributed by atoms with E-state index in [4.69, 9.17) is 0 Å². The minimum Gasteiger partial charge on any atom is -0.331 e. The van der Waals surface area contributed by atoms with Crippen molar-refractivity contribution >= 4 is 6.20 Å². The zero-order valence-corrected chi connectivity index (χ0v) is 23.3. The first-order valence-corrected chi connectivity index (χ1v) is 15.7. The van der Waals surface area contributed by atoms with Gasteiger partial charge in [0.1, 0.15) is 0 Å². The molecule has 1 rings (SSSR count). The van der Waals surface area contributed by atoms with E-state index in [9.17, 15) is 0 Å². The molecule has 0 amide bonds. The first-order chi connectivity index (χ1) is 16.9. The molecule has 1 aromatic heterocycles. The second-order valence-corrected chi connectivity index (χ2v) is 10.8. The van der Waals surface area contributed by atoms with Gasteiger partial charge in [0.15, 0.2) is 0 Å². The van der Waals surface area contributed by atoms with Crippen LogP contribution in [0.3, 0.4) is 0 Å². The Morgan fingerprint density at radius 2 is 0.706 bits per heavy atom. The molecule has 0 aliphatic heterocycles. The van der Waals surface area contributed by atoms with Crippen LogP contribution in [-0.4, -0.2) is 4.57 Å². The third-order valence-electron chi connectivity index (χ3n) is 7.38. The summed E-state index contributed by atoms with van der Waals surface area (Å²) in [4.78, 5) is 0. The summed E-state index contributed by atoms with van der Waals surface area (Å²) >= 11 is 0. The minimum atomic E-state index is 1.22. The summed E-state index contributed by atoms with van der Waals surface area (Å²) in [6, 6.07) is 4.15. The van der Waals surface area contributed by atoms with Gasteiger partial charge in [0.05, 0.1) is 0 Å². The van der Waals surface area contributed by atoms with Crippen molar-refractivity contribution in [3.8, 4) is 0 Å². The van der Waals surface area contributed by atoms with E-state index in [1.54, 1.807) is 0 Å². The van der Waals surface area contributed by atoms with Gasteiger partial charge in [0.25, 0.3) is 0 Å². The van der Waals surface area contributed by atoms with Gasteiger partial charge in [-0.3, -0.25) is 0 Å². The summed E-state index contributed by atoms with van der Waals surface area (Å²) in [6.45, 7) is 2.30. The fraction of sp³-hybridized carbons (Fsp3) is 0.818. The molecule has 1 aromatic rings. The lowest BCUT2D eigenvalue weighted by atomic mass is 10.0. The lowest BCUT2D eigenvalue weighted by Gasteiger charge is -2.04. The molecule has 0 aliphatic rings. The van der Waals surface area contributed by atoms with Gasteiger partial charge in [-0.25, -0.2) is 0 Å². The van der Waals surface area contributed by atoms with E-state index in [0.29, 0.717) is 0 Å². The number of nitrogens with zero attached hydrogens (tertiary/aromatic N) is 1. The zero-order valence-electron chi connectivity index (χ0n) is 23.3. The molecule has 0 saturated carbocycles. The van der Waals surface area contributed by atoms with E-state index in [0.717, 1.165) is 0 Å². The number of aromatic nitrogens is 1. The highest BCUT2D eigenvalue weighted by atomic mass is 14.9. The van der Waals surface area contributed by atoms with E-state index in [2.05, 4.69) is 48.3 Å². The lowest BCUT2D eigenvalue weighted by Crippen LogP contribution is -1.84. The van der Waals surface area contributed by atoms with Gasteiger partial charge in [-0.2, -0.15) is 0 Å². The molecule has 0 radical (unpaired) electrons. The molecule has 1 heterocycles. The second kappa shape index (κ2) is 26.6. The van der Waals surface area contributed by atoms with Crippen LogP contribution in [0.4, 0.5) is 0 Å². The van der Waals surface area contributed by atoms with Gasteiger partial charge in [-0.1, -0.05) is 167 Å². The first-order valence-electron chi connectivity index (χ1n) is 15.7. The van der Waals surface area contributed by atoms with E-state index in [-0.39, 0.29) is 0 Å². The van der Waals surface area contributed by atoms with Crippen molar-refractivity contribution in [2.45, 2.75) is 174 Å². The Labute approximate surface area is 215 Å². The van der Waals surface area contributed by atoms with Crippen molar-refractivity contribution in [3.63, 3.8) is 0 Å².